The second-order valence-electron chi connectivity index (χ2n) is 5.66. The van der Waals surface area contributed by atoms with Crippen molar-refractivity contribution in [2.75, 3.05) is 17.2 Å². The highest BCUT2D eigenvalue weighted by Crippen LogP contribution is 2.23. The number of ketones is 1. The summed E-state index contributed by atoms with van der Waals surface area (Å²) >= 11 is 5.33. The van der Waals surface area contributed by atoms with Crippen molar-refractivity contribution in [2.24, 2.45) is 0 Å². The predicted molar refractivity (Wildman–Crippen MR) is 107 cm³/mol. The minimum Gasteiger partial charge on any atom is -0.478 e. The molecule has 0 aliphatic carbocycles. The Morgan fingerprint density at radius 3 is 2.27 bits per heavy atom. The lowest BCUT2D eigenvalue weighted by molar-refractivity contribution is 0.0696. The fourth-order valence-corrected chi connectivity index (χ4v) is 2.51. The van der Waals surface area contributed by atoms with Crippen LogP contribution in [0.5, 0.6) is 0 Å². The van der Waals surface area contributed by atoms with Gasteiger partial charge < -0.3 is 21.1 Å². The molecule has 0 amide bonds. The number of anilines is 2. The number of benzene rings is 2. The molecule has 6 nitrogen and oxygen atoms in total. The Kier molecular flexibility index (Phi) is 6.68. The molecule has 0 radical (unpaired) electrons. The molecule has 0 saturated heterocycles. The largest absolute Gasteiger partial charge is 0.478 e. The number of rotatable bonds is 7. The smallest absolute Gasteiger partial charge is 0.335 e. The van der Waals surface area contributed by atoms with Gasteiger partial charge in [-0.3, -0.25) is 4.79 Å². The minimum atomic E-state index is -0.956. The summed E-state index contributed by atoms with van der Waals surface area (Å²) in [6.07, 6.45) is 0. The highest BCUT2D eigenvalue weighted by molar-refractivity contribution is 7.80. The van der Waals surface area contributed by atoms with E-state index in [9.17, 15) is 9.59 Å². The van der Waals surface area contributed by atoms with Crippen molar-refractivity contribution in [2.45, 2.75) is 20.4 Å². The van der Waals surface area contributed by atoms with E-state index in [0.29, 0.717) is 17.2 Å². The Labute approximate surface area is 157 Å². The quantitative estimate of drug-likeness (QED) is 0.437. The summed E-state index contributed by atoms with van der Waals surface area (Å²) < 4.78 is 0. The van der Waals surface area contributed by atoms with Crippen molar-refractivity contribution in [1.82, 2.24) is 5.32 Å². The van der Waals surface area contributed by atoms with Gasteiger partial charge in [-0.15, -0.1) is 0 Å². The number of carboxylic acid groups (broad SMARTS) is 1. The molecule has 0 unspecified atom stereocenters. The molecule has 0 fully saturated rings. The van der Waals surface area contributed by atoms with Gasteiger partial charge in [0, 0.05) is 18.7 Å². The molecule has 7 heteroatoms. The summed E-state index contributed by atoms with van der Waals surface area (Å²) in [7, 11) is 0. The molecule has 0 aliphatic heterocycles. The Balaban J connectivity index is 2.03. The summed E-state index contributed by atoms with van der Waals surface area (Å²) in [5.74, 6) is -0.975. The van der Waals surface area contributed by atoms with Gasteiger partial charge in [0.25, 0.3) is 0 Å². The van der Waals surface area contributed by atoms with E-state index in [-0.39, 0.29) is 11.3 Å². The van der Waals surface area contributed by atoms with Crippen LogP contribution in [-0.4, -0.2) is 28.5 Å². The van der Waals surface area contributed by atoms with Gasteiger partial charge in [0.05, 0.1) is 16.9 Å². The molecule has 4 N–H and O–H groups in total. The van der Waals surface area contributed by atoms with Gasteiger partial charge in [-0.05, 0) is 62.0 Å². The van der Waals surface area contributed by atoms with Crippen molar-refractivity contribution < 1.29 is 14.7 Å². The average molecular weight is 371 g/mol. The third-order valence-corrected chi connectivity index (χ3v) is 3.94. The second kappa shape index (κ2) is 8.96. The first kappa shape index (κ1) is 19.4. The van der Waals surface area contributed by atoms with Crippen molar-refractivity contribution in [3.8, 4) is 0 Å². The van der Waals surface area contributed by atoms with Crippen LogP contribution in [0.3, 0.4) is 0 Å². The predicted octanol–water partition coefficient (Wildman–Crippen LogP) is 3.51. The van der Waals surface area contributed by atoms with Gasteiger partial charge in [-0.1, -0.05) is 12.1 Å². The third-order valence-electron chi connectivity index (χ3n) is 3.70. The number of carbonyl (C=O) groups excluding carboxylic acids is 1. The van der Waals surface area contributed by atoms with E-state index >= 15 is 0 Å². The summed E-state index contributed by atoms with van der Waals surface area (Å²) in [5, 5.41) is 18.7. The molecular weight excluding hydrogens is 350 g/mol. The topological polar surface area (TPSA) is 90.5 Å². The van der Waals surface area contributed by atoms with Crippen LogP contribution < -0.4 is 16.0 Å². The van der Waals surface area contributed by atoms with E-state index in [4.69, 9.17) is 17.3 Å². The van der Waals surface area contributed by atoms with Crippen LogP contribution in [0.4, 0.5) is 11.4 Å². The van der Waals surface area contributed by atoms with E-state index in [1.54, 1.807) is 36.4 Å². The highest BCUT2D eigenvalue weighted by atomic mass is 32.1. The maximum Gasteiger partial charge on any atom is 0.335 e. The standard InChI is InChI=1S/C19H21N3O3S/c1-3-20-16-9-8-15(12(2)23)10-17(16)22-19(26)21-11-13-4-6-14(7-5-13)18(24)25/h4-10,20H,3,11H2,1-2H3,(H,24,25)(H2,21,22,26). The molecule has 0 atom stereocenters. The summed E-state index contributed by atoms with van der Waals surface area (Å²) in [6, 6.07) is 11.9. The minimum absolute atomic E-state index is 0.0199. The third kappa shape index (κ3) is 5.29. The first-order chi connectivity index (χ1) is 12.4. The monoisotopic (exact) mass is 371 g/mol. The lowest BCUT2D eigenvalue weighted by Gasteiger charge is -2.16. The van der Waals surface area contributed by atoms with Crippen LogP contribution in [0, 0.1) is 0 Å². The highest BCUT2D eigenvalue weighted by Gasteiger charge is 2.08. The lowest BCUT2D eigenvalue weighted by atomic mass is 10.1. The van der Waals surface area contributed by atoms with E-state index in [2.05, 4.69) is 16.0 Å². The van der Waals surface area contributed by atoms with Crippen molar-refractivity contribution in [3.05, 3.63) is 59.2 Å². The molecule has 0 spiro atoms. The molecule has 0 aliphatic rings. The molecule has 2 aromatic carbocycles. The van der Waals surface area contributed by atoms with Gasteiger partial charge in [0.2, 0.25) is 0 Å². The van der Waals surface area contributed by atoms with Crippen molar-refractivity contribution in [1.29, 1.82) is 0 Å². The number of thiocarbonyl (C=S) groups is 1. The summed E-state index contributed by atoms with van der Waals surface area (Å²) in [5.41, 5.74) is 3.32. The van der Waals surface area contributed by atoms with Crippen molar-refractivity contribution >= 4 is 40.5 Å². The number of aromatic carboxylic acids is 1. The zero-order chi connectivity index (χ0) is 19.1. The molecule has 0 saturated carbocycles. The normalized spacial score (nSPS) is 10.1. The zero-order valence-corrected chi connectivity index (χ0v) is 15.4. The molecular formula is C19H21N3O3S. The van der Waals surface area contributed by atoms with Crippen molar-refractivity contribution in [3.63, 3.8) is 0 Å². The Morgan fingerprint density at radius 1 is 1.04 bits per heavy atom. The average Bonchev–Trinajstić information content (AvgIpc) is 2.61. The second-order valence-corrected chi connectivity index (χ2v) is 6.06. The molecule has 2 rings (SSSR count). The fourth-order valence-electron chi connectivity index (χ4n) is 2.33. The van der Waals surface area contributed by atoms with Crippen LogP contribution in [0.25, 0.3) is 0 Å². The molecule has 0 bridgehead atoms. The Bertz CT molecular complexity index is 819. The van der Waals surface area contributed by atoms with Gasteiger partial charge in [0.15, 0.2) is 10.9 Å². The molecule has 136 valence electrons. The fraction of sp³-hybridized carbons (Fsp3) is 0.211. The number of hydrogen-bond acceptors (Lipinski definition) is 4. The van der Waals surface area contributed by atoms with Crippen LogP contribution in [-0.2, 0) is 6.54 Å². The van der Waals surface area contributed by atoms with E-state index in [1.165, 1.54) is 6.92 Å². The molecule has 0 aromatic heterocycles. The van der Waals surface area contributed by atoms with Gasteiger partial charge >= 0.3 is 5.97 Å². The summed E-state index contributed by atoms with van der Waals surface area (Å²) in [6.45, 7) is 4.70. The van der Waals surface area contributed by atoms with E-state index in [0.717, 1.165) is 23.5 Å². The van der Waals surface area contributed by atoms with Gasteiger partial charge in [-0.2, -0.15) is 0 Å². The van der Waals surface area contributed by atoms with Crippen LogP contribution in [0.15, 0.2) is 42.5 Å². The Hall–Kier alpha value is -2.93. The number of carbonyl (C=O) groups is 2. The van der Waals surface area contributed by atoms with Gasteiger partial charge in [-0.25, -0.2) is 4.79 Å². The number of nitrogens with one attached hydrogen (secondary N) is 3. The number of carboxylic acids is 1. The van der Waals surface area contributed by atoms with Crippen LogP contribution in [0.2, 0.25) is 0 Å². The number of hydrogen-bond donors (Lipinski definition) is 4. The maximum atomic E-state index is 11.6. The van der Waals surface area contributed by atoms with Crippen LogP contribution in [0.1, 0.15) is 40.1 Å². The van der Waals surface area contributed by atoms with E-state index < -0.39 is 5.97 Å². The summed E-state index contributed by atoms with van der Waals surface area (Å²) in [4.78, 5) is 22.5. The number of Topliss-reactive ketones (excluding diaryl/α,β-unsaturated/α-hetero) is 1. The first-order valence-electron chi connectivity index (χ1n) is 8.16. The Morgan fingerprint density at radius 2 is 1.69 bits per heavy atom. The van der Waals surface area contributed by atoms with Crippen LogP contribution >= 0.6 is 12.2 Å². The van der Waals surface area contributed by atoms with Gasteiger partial charge in [0.1, 0.15) is 0 Å². The molecule has 26 heavy (non-hydrogen) atoms. The zero-order valence-electron chi connectivity index (χ0n) is 14.6. The first-order valence-corrected chi connectivity index (χ1v) is 8.57. The SMILES string of the molecule is CCNc1ccc(C(C)=O)cc1NC(=S)NCc1ccc(C(=O)O)cc1. The molecule has 0 heterocycles. The lowest BCUT2D eigenvalue weighted by Crippen LogP contribution is -2.28. The van der Waals surface area contributed by atoms with E-state index in [1.807, 2.05) is 13.0 Å². The molecule has 2 aromatic rings. The maximum absolute atomic E-state index is 11.6.